The number of carbonyl (C=O) groups is 2. The zero-order valence-electron chi connectivity index (χ0n) is 16.3. The predicted molar refractivity (Wildman–Crippen MR) is 99.7 cm³/mol. The van der Waals surface area contributed by atoms with Gasteiger partial charge in [-0.15, -0.1) is 0 Å². The lowest BCUT2D eigenvalue weighted by molar-refractivity contribution is -0.156. The van der Waals surface area contributed by atoms with Gasteiger partial charge in [-0.25, -0.2) is 0 Å². The standard InChI is InChI=1S/C18H34O7S/c1-5-7-9-11-13(3)15(16(19)20)18(17(21)22,26(23,24)25)14(4)12-10-8-6-2/h13-15H,5-12H2,1-4H3,(H,19,20)(H,21,22)(H,23,24,25). The summed E-state index contributed by atoms with van der Waals surface area (Å²) in [4.78, 5) is 24.1. The Morgan fingerprint density at radius 2 is 1.38 bits per heavy atom. The van der Waals surface area contributed by atoms with Gasteiger partial charge in [-0.05, 0) is 24.7 Å². The van der Waals surface area contributed by atoms with Crippen molar-refractivity contribution in [1.82, 2.24) is 0 Å². The van der Waals surface area contributed by atoms with Crippen molar-refractivity contribution in [2.45, 2.75) is 83.8 Å². The molecule has 0 aromatic heterocycles. The highest BCUT2D eigenvalue weighted by molar-refractivity contribution is 7.88. The first kappa shape index (κ1) is 24.8. The van der Waals surface area contributed by atoms with Crippen LogP contribution < -0.4 is 0 Å². The smallest absolute Gasteiger partial charge is 0.328 e. The Balaban J connectivity index is 6.13. The van der Waals surface area contributed by atoms with Crippen LogP contribution >= 0.6 is 0 Å². The molecule has 0 aliphatic rings. The van der Waals surface area contributed by atoms with Crippen molar-refractivity contribution in [2.24, 2.45) is 17.8 Å². The first-order chi connectivity index (χ1) is 12.0. The van der Waals surface area contributed by atoms with Crippen molar-refractivity contribution in [3.05, 3.63) is 0 Å². The van der Waals surface area contributed by atoms with Crippen LogP contribution in [0, 0.1) is 17.8 Å². The van der Waals surface area contributed by atoms with Gasteiger partial charge in [0.05, 0.1) is 5.92 Å². The van der Waals surface area contributed by atoms with Gasteiger partial charge in [-0.2, -0.15) is 8.42 Å². The van der Waals surface area contributed by atoms with Crippen LogP contribution in [0.25, 0.3) is 0 Å². The number of hydrogen-bond acceptors (Lipinski definition) is 4. The summed E-state index contributed by atoms with van der Waals surface area (Å²) in [6.07, 6.45) is 5.21. The van der Waals surface area contributed by atoms with Crippen molar-refractivity contribution in [3.63, 3.8) is 0 Å². The van der Waals surface area contributed by atoms with Gasteiger partial charge in [0.1, 0.15) is 0 Å². The van der Waals surface area contributed by atoms with Crippen molar-refractivity contribution >= 4 is 22.1 Å². The second-order valence-corrected chi connectivity index (χ2v) is 8.88. The molecule has 4 unspecified atom stereocenters. The van der Waals surface area contributed by atoms with E-state index in [4.69, 9.17) is 0 Å². The first-order valence-electron chi connectivity index (χ1n) is 9.41. The van der Waals surface area contributed by atoms with E-state index >= 15 is 0 Å². The third-order valence-electron chi connectivity index (χ3n) is 5.29. The highest BCUT2D eigenvalue weighted by Crippen LogP contribution is 2.42. The molecule has 0 aliphatic carbocycles. The van der Waals surface area contributed by atoms with Crippen LogP contribution in [-0.2, 0) is 19.7 Å². The molecule has 0 aromatic carbocycles. The minimum Gasteiger partial charge on any atom is -0.481 e. The molecular weight excluding hydrogens is 360 g/mol. The lowest BCUT2D eigenvalue weighted by Gasteiger charge is -2.39. The van der Waals surface area contributed by atoms with E-state index < -0.39 is 44.6 Å². The number of carboxylic acids is 2. The molecule has 8 heteroatoms. The summed E-state index contributed by atoms with van der Waals surface area (Å²) in [5.74, 6) is -6.75. The number of unbranched alkanes of at least 4 members (excludes halogenated alkanes) is 4. The zero-order valence-corrected chi connectivity index (χ0v) is 17.1. The van der Waals surface area contributed by atoms with E-state index in [9.17, 15) is 32.8 Å². The Morgan fingerprint density at radius 3 is 1.73 bits per heavy atom. The van der Waals surface area contributed by atoms with Crippen molar-refractivity contribution in [2.75, 3.05) is 0 Å². The fourth-order valence-electron chi connectivity index (χ4n) is 3.82. The normalized spacial score (nSPS) is 17.9. The van der Waals surface area contributed by atoms with Crippen LogP contribution in [0.3, 0.4) is 0 Å². The summed E-state index contributed by atoms with van der Waals surface area (Å²) in [7, 11) is -5.16. The first-order valence-corrected chi connectivity index (χ1v) is 10.9. The predicted octanol–water partition coefficient (Wildman–Crippen LogP) is 3.83. The topological polar surface area (TPSA) is 129 Å². The van der Waals surface area contributed by atoms with Gasteiger partial charge in [0.2, 0.25) is 4.75 Å². The molecule has 0 heterocycles. The molecule has 0 rings (SSSR count). The zero-order chi connectivity index (χ0) is 20.5. The van der Waals surface area contributed by atoms with Crippen LogP contribution in [0.1, 0.15) is 79.1 Å². The summed E-state index contributed by atoms with van der Waals surface area (Å²) >= 11 is 0. The van der Waals surface area contributed by atoms with Crippen LogP contribution in [0.2, 0.25) is 0 Å². The SMILES string of the molecule is CCCCCC(C)C(C(=O)O)C(C(=O)O)(C(C)CCCCC)S(=O)(=O)O. The highest BCUT2D eigenvalue weighted by Gasteiger charge is 2.63. The van der Waals surface area contributed by atoms with Crippen molar-refractivity contribution in [1.29, 1.82) is 0 Å². The molecule has 0 spiro atoms. The average Bonchev–Trinajstić information content (AvgIpc) is 2.50. The summed E-state index contributed by atoms with van der Waals surface area (Å²) in [6.45, 7) is 6.89. The Morgan fingerprint density at radius 1 is 0.923 bits per heavy atom. The maximum atomic E-state index is 12.3. The van der Waals surface area contributed by atoms with E-state index in [1.165, 1.54) is 6.92 Å². The monoisotopic (exact) mass is 394 g/mol. The van der Waals surface area contributed by atoms with Gasteiger partial charge in [0.25, 0.3) is 10.1 Å². The molecule has 0 aliphatic heterocycles. The van der Waals surface area contributed by atoms with E-state index in [0.29, 0.717) is 19.3 Å². The lowest BCUT2D eigenvalue weighted by Crippen LogP contribution is -2.61. The maximum absolute atomic E-state index is 12.3. The minimum absolute atomic E-state index is 0.214. The lowest BCUT2D eigenvalue weighted by atomic mass is 9.72. The highest BCUT2D eigenvalue weighted by atomic mass is 32.2. The molecule has 0 fully saturated rings. The molecule has 0 aromatic rings. The summed E-state index contributed by atoms with van der Waals surface area (Å²) in [5.41, 5.74) is 0. The van der Waals surface area contributed by atoms with Gasteiger partial charge in [0, 0.05) is 0 Å². The Hall–Kier alpha value is -1.15. The molecule has 154 valence electrons. The van der Waals surface area contributed by atoms with Gasteiger partial charge in [0.15, 0.2) is 0 Å². The summed E-state index contributed by atoms with van der Waals surface area (Å²) < 4.78 is 31.7. The van der Waals surface area contributed by atoms with Gasteiger partial charge in [-0.1, -0.05) is 66.2 Å². The molecular formula is C18H34O7S. The Bertz CT molecular complexity index is 558. The fraction of sp³-hybridized carbons (Fsp3) is 0.889. The van der Waals surface area contributed by atoms with Crippen LogP contribution in [-0.4, -0.2) is 39.9 Å². The number of carboxylic acid groups (broad SMARTS) is 2. The molecule has 7 nitrogen and oxygen atoms in total. The van der Waals surface area contributed by atoms with Crippen LogP contribution in [0.15, 0.2) is 0 Å². The molecule has 3 N–H and O–H groups in total. The van der Waals surface area contributed by atoms with E-state index in [1.54, 1.807) is 6.92 Å². The third kappa shape index (κ3) is 5.67. The molecule has 0 saturated heterocycles. The molecule has 0 amide bonds. The van der Waals surface area contributed by atoms with E-state index in [0.717, 1.165) is 25.7 Å². The third-order valence-corrected chi connectivity index (χ3v) is 6.98. The van der Waals surface area contributed by atoms with Gasteiger partial charge >= 0.3 is 11.9 Å². The molecule has 0 saturated carbocycles. The largest absolute Gasteiger partial charge is 0.481 e. The number of aliphatic carboxylic acids is 2. The van der Waals surface area contributed by atoms with Crippen molar-refractivity contribution in [3.8, 4) is 0 Å². The number of hydrogen-bond donors (Lipinski definition) is 3. The minimum atomic E-state index is -5.16. The molecule has 0 radical (unpaired) electrons. The molecule has 0 bridgehead atoms. The van der Waals surface area contributed by atoms with Crippen LogP contribution in [0.5, 0.6) is 0 Å². The van der Waals surface area contributed by atoms with E-state index in [1.807, 2.05) is 13.8 Å². The van der Waals surface area contributed by atoms with Crippen molar-refractivity contribution < 1.29 is 32.8 Å². The quantitative estimate of drug-likeness (QED) is 0.301. The second-order valence-electron chi connectivity index (χ2n) is 7.26. The second kappa shape index (κ2) is 10.9. The average molecular weight is 395 g/mol. The van der Waals surface area contributed by atoms with E-state index in [-0.39, 0.29) is 6.42 Å². The summed E-state index contributed by atoms with van der Waals surface area (Å²) in [5, 5.41) is 19.6. The summed E-state index contributed by atoms with van der Waals surface area (Å²) in [6, 6.07) is 0. The molecule has 26 heavy (non-hydrogen) atoms. The maximum Gasteiger partial charge on any atom is 0.328 e. The number of rotatable bonds is 14. The van der Waals surface area contributed by atoms with Gasteiger partial charge in [-0.3, -0.25) is 14.1 Å². The Kier molecular flexibility index (Phi) is 10.4. The fourth-order valence-corrected chi connectivity index (χ4v) is 5.32. The van der Waals surface area contributed by atoms with Gasteiger partial charge < -0.3 is 10.2 Å². The Labute approximate surface area is 156 Å². The molecule has 4 atom stereocenters. The van der Waals surface area contributed by atoms with E-state index in [2.05, 4.69) is 0 Å². The van der Waals surface area contributed by atoms with Crippen LogP contribution in [0.4, 0.5) is 0 Å².